The van der Waals surface area contributed by atoms with E-state index >= 15 is 0 Å². The molecule has 0 aromatic heterocycles. The van der Waals surface area contributed by atoms with Crippen molar-refractivity contribution in [1.29, 1.82) is 0 Å². The lowest BCUT2D eigenvalue weighted by atomic mass is 10.1. The molecule has 1 aromatic carbocycles. The summed E-state index contributed by atoms with van der Waals surface area (Å²) in [6.07, 6.45) is 2.07. The number of nitrogens with zero attached hydrogens (tertiary/aromatic N) is 3. The Hall–Kier alpha value is -1.64. The zero-order chi connectivity index (χ0) is 17.3. The van der Waals surface area contributed by atoms with Crippen molar-refractivity contribution < 1.29 is 17.9 Å². The molecule has 7 nitrogen and oxygen atoms in total. The van der Waals surface area contributed by atoms with Gasteiger partial charge >= 0.3 is 0 Å². The van der Waals surface area contributed by atoms with E-state index in [1.54, 1.807) is 18.2 Å². The third kappa shape index (κ3) is 3.26. The van der Waals surface area contributed by atoms with Crippen LogP contribution in [0, 0.1) is 0 Å². The Labute approximate surface area is 143 Å². The summed E-state index contributed by atoms with van der Waals surface area (Å²) < 4.78 is 33.0. The molecule has 1 amide bonds. The maximum Gasteiger partial charge on any atom is 0.281 e. The molecule has 132 valence electrons. The third-order valence-electron chi connectivity index (χ3n) is 4.43. The molecule has 0 N–H and O–H groups in total. The third-order valence-corrected chi connectivity index (χ3v) is 6.32. The van der Waals surface area contributed by atoms with E-state index in [0.717, 1.165) is 31.5 Å². The topological polar surface area (TPSA) is 70.2 Å². The first-order valence-corrected chi connectivity index (χ1v) is 9.52. The summed E-state index contributed by atoms with van der Waals surface area (Å²) in [6, 6.07) is 5.29. The first-order chi connectivity index (χ1) is 11.4. The minimum absolute atomic E-state index is 0.00145. The van der Waals surface area contributed by atoms with Gasteiger partial charge in [0, 0.05) is 51.4 Å². The molecular weight excluding hydrogens is 330 g/mol. The van der Waals surface area contributed by atoms with Gasteiger partial charge in [-0.1, -0.05) is 0 Å². The fourth-order valence-electron chi connectivity index (χ4n) is 3.03. The Morgan fingerprint density at radius 3 is 2.54 bits per heavy atom. The van der Waals surface area contributed by atoms with E-state index in [2.05, 4.69) is 0 Å². The molecule has 3 rings (SSSR count). The average Bonchev–Trinajstić information content (AvgIpc) is 2.99. The number of hydrogen-bond acceptors (Lipinski definition) is 4. The Balaban J connectivity index is 1.88. The second-order valence-electron chi connectivity index (χ2n) is 6.29. The van der Waals surface area contributed by atoms with Crippen molar-refractivity contribution in [3.63, 3.8) is 0 Å². The van der Waals surface area contributed by atoms with Gasteiger partial charge in [0.25, 0.3) is 16.1 Å². The first-order valence-electron chi connectivity index (χ1n) is 8.12. The number of fused-ring (bicyclic) bond motifs is 1. The second-order valence-corrected chi connectivity index (χ2v) is 8.44. The van der Waals surface area contributed by atoms with E-state index in [4.69, 9.17) is 4.74 Å². The maximum atomic E-state index is 12.6. The van der Waals surface area contributed by atoms with Gasteiger partial charge in [-0.05, 0) is 31.0 Å². The number of amides is 1. The van der Waals surface area contributed by atoms with Crippen LogP contribution in [0.4, 0.5) is 0 Å². The van der Waals surface area contributed by atoms with Crippen molar-refractivity contribution in [2.75, 3.05) is 40.3 Å². The summed E-state index contributed by atoms with van der Waals surface area (Å²) in [7, 11) is -0.505. The monoisotopic (exact) mass is 353 g/mol. The van der Waals surface area contributed by atoms with E-state index in [0.29, 0.717) is 17.9 Å². The van der Waals surface area contributed by atoms with Crippen molar-refractivity contribution in [2.24, 2.45) is 0 Å². The quantitative estimate of drug-likeness (QED) is 0.810. The van der Waals surface area contributed by atoms with Crippen LogP contribution in [0.25, 0.3) is 0 Å². The van der Waals surface area contributed by atoms with Crippen LogP contribution >= 0.6 is 0 Å². The zero-order valence-corrected chi connectivity index (χ0v) is 14.9. The molecule has 2 heterocycles. The number of ether oxygens (including phenoxy) is 1. The summed E-state index contributed by atoms with van der Waals surface area (Å²) in [5.74, 6) is 0.644. The lowest BCUT2D eigenvalue weighted by Crippen LogP contribution is -2.40. The summed E-state index contributed by atoms with van der Waals surface area (Å²) >= 11 is 0. The number of rotatable bonds is 3. The first kappa shape index (κ1) is 17.2. The molecule has 0 radical (unpaired) electrons. The Kier molecular flexibility index (Phi) is 4.80. The number of carbonyl (C=O) groups is 1. The van der Waals surface area contributed by atoms with Crippen molar-refractivity contribution in [1.82, 2.24) is 13.5 Å². The van der Waals surface area contributed by atoms with Gasteiger partial charge in [-0.15, -0.1) is 0 Å². The van der Waals surface area contributed by atoms with Gasteiger partial charge in [-0.25, -0.2) is 0 Å². The fourth-order valence-corrected chi connectivity index (χ4v) is 4.10. The number of benzene rings is 1. The van der Waals surface area contributed by atoms with Crippen LogP contribution in [0.3, 0.4) is 0 Å². The number of likely N-dealkylation sites (tertiary alicyclic amines) is 1. The molecule has 1 fully saturated rings. The van der Waals surface area contributed by atoms with E-state index in [-0.39, 0.29) is 19.0 Å². The van der Waals surface area contributed by atoms with E-state index < -0.39 is 10.2 Å². The van der Waals surface area contributed by atoms with Crippen LogP contribution in [0.15, 0.2) is 18.2 Å². The Morgan fingerprint density at radius 2 is 1.88 bits per heavy atom. The molecule has 0 aliphatic carbocycles. The van der Waals surface area contributed by atoms with E-state index in [1.807, 2.05) is 4.90 Å². The summed E-state index contributed by atoms with van der Waals surface area (Å²) in [6.45, 7) is 2.35. The minimum Gasteiger partial charge on any atom is -0.492 e. The summed E-state index contributed by atoms with van der Waals surface area (Å²) in [5, 5.41) is 0. The Bertz CT molecular complexity index is 727. The van der Waals surface area contributed by atoms with Crippen LogP contribution in [0.5, 0.6) is 5.75 Å². The smallest absolute Gasteiger partial charge is 0.281 e. The molecular formula is C16H23N3O4S. The zero-order valence-electron chi connectivity index (χ0n) is 14.1. The highest BCUT2D eigenvalue weighted by atomic mass is 32.2. The highest BCUT2D eigenvalue weighted by Gasteiger charge is 2.28. The largest absolute Gasteiger partial charge is 0.492 e. The van der Waals surface area contributed by atoms with Crippen LogP contribution in [-0.2, 0) is 16.8 Å². The average molecular weight is 353 g/mol. The van der Waals surface area contributed by atoms with Crippen molar-refractivity contribution in [3.05, 3.63) is 29.3 Å². The lowest BCUT2D eigenvalue weighted by molar-refractivity contribution is 0.0792. The summed E-state index contributed by atoms with van der Waals surface area (Å²) in [5.41, 5.74) is 1.31. The fraction of sp³-hybridized carbons (Fsp3) is 0.562. The van der Waals surface area contributed by atoms with Gasteiger partial charge in [0.05, 0.1) is 0 Å². The molecule has 24 heavy (non-hydrogen) atoms. The molecule has 2 aliphatic heterocycles. The minimum atomic E-state index is -3.52. The SMILES string of the molecule is CN(C)S(=O)(=O)N1CCOc2ccc(C(=O)N3CCCC3)cc2C1. The van der Waals surface area contributed by atoms with Crippen LogP contribution in [0.1, 0.15) is 28.8 Å². The molecule has 0 atom stereocenters. The van der Waals surface area contributed by atoms with Gasteiger partial charge in [-0.2, -0.15) is 17.0 Å². The van der Waals surface area contributed by atoms with Gasteiger partial charge in [0.1, 0.15) is 12.4 Å². The lowest BCUT2D eigenvalue weighted by Gasteiger charge is -2.23. The summed E-state index contributed by atoms with van der Waals surface area (Å²) in [4.78, 5) is 14.4. The second kappa shape index (κ2) is 6.70. The van der Waals surface area contributed by atoms with E-state index in [9.17, 15) is 13.2 Å². The molecule has 2 aliphatic rings. The number of hydrogen-bond donors (Lipinski definition) is 0. The van der Waals surface area contributed by atoms with Crippen LogP contribution in [0.2, 0.25) is 0 Å². The molecule has 0 unspecified atom stereocenters. The molecule has 1 saturated heterocycles. The van der Waals surface area contributed by atoms with Gasteiger partial charge in [-0.3, -0.25) is 4.79 Å². The van der Waals surface area contributed by atoms with Gasteiger partial charge < -0.3 is 9.64 Å². The van der Waals surface area contributed by atoms with Gasteiger partial charge in [0.2, 0.25) is 0 Å². The standard InChI is InChI=1S/C16H23N3O4S/c1-17(2)24(21,22)19-9-10-23-15-6-5-13(11-14(15)12-19)16(20)18-7-3-4-8-18/h5-6,11H,3-4,7-10,12H2,1-2H3. The molecule has 1 aromatic rings. The predicted octanol–water partition coefficient (Wildman–Crippen LogP) is 0.923. The van der Waals surface area contributed by atoms with Crippen molar-refractivity contribution in [2.45, 2.75) is 19.4 Å². The van der Waals surface area contributed by atoms with Gasteiger partial charge in [0.15, 0.2) is 0 Å². The molecule has 0 bridgehead atoms. The van der Waals surface area contributed by atoms with E-state index in [1.165, 1.54) is 22.7 Å². The van der Waals surface area contributed by atoms with Crippen molar-refractivity contribution in [3.8, 4) is 5.75 Å². The molecule has 0 spiro atoms. The maximum absolute atomic E-state index is 12.6. The van der Waals surface area contributed by atoms with Crippen molar-refractivity contribution >= 4 is 16.1 Å². The molecule has 0 saturated carbocycles. The molecule has 8 heteroatoms. The van der Waals surface area contributed by atoms with Crippen LogP contribution in [-0.4, -0.2) is 68.2 Å². The Morgan fingerprint density at radius 1 is 1.17 bits per heavy atom. The van der Waals surface area contributed by atoms with Crippen LogP contribution < -0.4 is 4.74 Å². The predicted molar refractivity (Wildman–Crippen MR) is 90.1 cm³/mol. The number of carbonyl (C=O) groups excluding carboxylic acids is 1. The highest BCUT2D eigenvalue weighted by Crippen LogP contribution is 2.27. The highest BCUT2D eigenvalue weighted by molar-refractivity contribution is 7.86. The normalized spacial score (nSPS) is 19.0.